The van der Waals surface area contributed by atoms with E-state index in [0.717, 1.165) is 56.9 Å². The SMILES string of the molecule is CN=C(NCCCC(=O)N1Cc2ccccc2C1)N1CC2CCCCC2C1. The second-order valence-electron chi connectivity index (χ2n) is 8.31. The predicted octanol–water partition coefficient (Wildman–Crippen LogP) is 3.01. The first-order valence-corrected chi connectivity index (χ1v) is 10.5. The number of carbonyl (C=O) groups is 1. The Morgan fingerprint density at radius 3 is 2.30 bits per heavy atom. The summed E-state index contributed by atoms with van der Waals surface area (Å²) in [5.41, 5.74) is 2.58. The molecule has 0 aromatic heterocycles. The van der Waals surface area contributed by atoms with Crippen LogP contribution in [0.2, 0.25) is 0 Å². The van der Waals surface area contributed by atoms with Crippen LogP contribution in [0.25, 0.3) is 0 Å². The van der Waals surface area contributed by atoms with Gasteiger partial charge in [-0.05, 0) is 42.2 Å². The summed E-state index contributed by atoms with van der Waals surface area (Å²) < 4.78 is 0. The van der Waals surface area contributed by atoms with E-state index in [1.165, 1.54) is 36.8 Å². The van der Waals surface area contributed by atoms with E-state index in [4.69, 9.17) is 0 Å². The van der Waals surface area contributed by atoms with Crippen LogP contribution in [0.4, 0.5) is 0 Å². The van der Waals surface area contributed by atoms with Crippen molar-refractivity contribution in [2.45, 2.75) is 51.6 Å². The van der Waals surface area contributed by atoms with Gasteiger partial charge in [0.25, 0.3) is 0 Å². The molecule has 1 N–H and O–H groups in total. The van der Waals surface area contributed by atoms with Gasteiger partial charge in [-0.2, -0.15) is 0 Å². The van der Waals surface area contributed by atoms with Gasteiger partial charge in [0.15, 0.2) is 5.96 Å². The molecule has 5 nitrogen and oxygen atoms in total. The first kappa shape index (κ1) is 18.3. The molecule has 146 valence electrons. The van der Waals surface area contributed by atoms with Crippen LogP contribution in [0.15, 0.2) is 29.3 Å². The molecule has 1 aromatic rings. The van der Waals surface area contributed by atoms with Crippen molar-refractivity contribution in [3.05, 3.63) is 35.4 Å². The summed E-state index contributed by atoms with van der Waals surface area (Å²) in [4.78, 5) is 21.4. The minimum atomic E-state index is 0.259. The summed E-state index contributed by atoms with van der Waals surface area (Å²) >= 11 is 0. The lowest BCUT2D eigenvalue weighted by atomic mass is 9.82. The van der Waals surface area contributed by atoms with Crippen LogP contribution < -0.4 is 5.32 Å². The molecular weight excluding hydrogens is 336 g/mol. The molecule has 2 atom stereocenters. The lowest BCUT2D eigenvalue weighted by Gasteiger charge is -2.22. The molecule has 1 amide bonds. The van der Waals surface area contributed by atoms with Gasteiger partial charge >= 0.3 is 0 Å². The van der Waals surface area contributed by atoms with Gasteiger partial charge in [-0.3, -0.25) is 9.79 Å². The summed E-state index contributed by atoms with van der Waals surface area (Å²) in [6.45, 7) is 4.64. The number of guanidine groups is 1. The van der Waals surface area contributed by atoms with Gasteiger partial charge < -0.3 is 15.1 Å². The van der Waals surface area contributed by atoms with Gasteiger partial charge in [-0.1, -0.05) is 37.1 Å². The van der Waals surface area contributed by atoms with E-state index in [-0.39, 0.29) is 5.91 Å². The first-order chi connectivity index (χ1) is 13.2. The Morgan fingerprint density at radius 1 is 1.07 bits per heavy atom. The number of nitrogens with zero attached hydrogens (tertiary/aromatic N) is 3. The van der Waals surface area contributed by atoms with Crippen molar-refractivity contribution in [1.82, 2.24) is 15.1 Å². The van der Waals surface area contributed by atoms with Crippen LogP contribution >= 0.6 is 0 Å². The highest BCUT2D eigenvalue weighted by molar-refractivity contribution is 5.80. The van der Waals surface area contributed by atoms with E-state index >= 15 is 0 Å². The number of amides is 1. The van der Waals surface area contributed by atoms with Crippen molar-refractivity contribution in [1.29, 1.82) is 0 Å². The highest BCUT2D eigenvalue weighted by atomic mass is 16.2. The lowest BCUT2D eigenvalue weighted by molar-refractivity contribution is -0.131. The zero-order valence-corrected chi connectivity index (χ0v) is 16.5. The fraction of sp³-hybridized carbons (Fsp3) is 0.636. The van der Waals surface area contributed by atoms with Crippen molar-refractivity contribution in [3.8, 4) is 0 Å². The lowest BCUT2D eigenvalue weighted by Crippen LogP contribution is -2.40. The number of likely N-dealkylation sites (tertiary alicyclic amines) is 1. The van der Waals surface area contributed by atoms with Crippen LogP contribution in [0.3, 0.4) is 0 Å². The number of aliphatic imine (C=N–C) groups is 1. The van der Waals surface area contributed by atoms with E-state index < -0.39 is 0 Å². The second-order valence-corrected chi connectivity index (χ2v) is 8.31. The maximum atomic E-state index is 12.5. The molecule has 2 aliphatic heterocycles. The van der Waals surface area contributed by atoms with E-state index in [1.807, 2.05) is 11.9 Å². The van der Waals surface area contributed by atoms with Crippen molar-refractivity contribution in [2.75, 3.05) is 26.7 Å². The Bertz CT molecular complexity index is 662. The summed E-state index contributed by atoms with van der Waals surface area (Å²) in [6.07, 6.45) is 7.00. The van der Waals surface area contributed by atoms with E-state index in [9.17, 15) is 4.79 Å². The Balaban J connectivity index is 1.19. The summed E-state index contributed by atoms with van der Waals surface area (Å²) in [7, 11) is 1.87. The number of fused-ring (bicyclic) bond motifs is 2. The van der Waals surface area contributed by atoms with E-state index in [1.54, 1.807) is 0 Å². The normalized spacial score (nSPS) is 24.7. The Morgan fingerprint density at radius 2 is 1.70 bits per heavy atom. The molecule has 0 spiro atoms. The number of benzene rings is 1. The van der Waals surface area contributed by atoms with Crippen molar-refractivity contribution >= 4 is 11.9 Å². The van der Waals surface area contributed by atoms with Crippen molar-refractivity contribution < 1.29 is 4.79 Å². The van der Waals surface area contributed by atoms with Crippen LogP contribution in [0, 0.1) is 11.8 Å². The highest BCUT2D eigenvalue weighted by Crippen LogP contribution is 2.35. The van der Waals surface area contributed by atoms with Gasteiger partial charge in [0.05, 0.1) is 0 Å². The molecule has 4 rings (SSSR count). The second kappa shape index (κ2) is 8.32. The number of hydrogen-bond acceptors (Lipinski definition) is 2. The standard InChI is InChI=1S/C22H32N4O/c1-23-22(26-15-19-9-4-5-10-20(19)16-26)24-12-6-11-21(27)25-13-17-7-2-3-8-18(17)14-25/h2-3,7-8,19-20H,4-6,9-16H2,1H3,(H,23,24). The summed E-state index contributed by atoms with van der Waals surface area (Å²) in [5, 5.41) is 3.49. The van der Waals surface area contributed by atoms with Crippen LogP contribution in [-0.4, -0.2) is 48.3 Å². The molecule has 1 saturated heterocycles. The van der Waals surface area contributed by atoms with Gasteiger partial charge in [0.1, 0.15) is 0 Å². The maximum Gasteiger partial charge on any atom is 0.223 e. The third kappa shape index (κ3) is 4.12. The molecule has 1 saturated carbocycles. The fourth-order valence-electron chi connectivity index (χ4n) is 5.02. The Hall–Kier alpha value is -2.04. The molecule has 2 fully saturated rings. The smallest absolute Gasteiger partial charge is 0.223 e. The average Bonchev–Trinajstić information content (AvgIpc) is 3.31. The number of rotatable bonds is 4. The zero-order valence-electron chi connectivity index (χ0n) is 16.5. The topological polar surface area (TPSA) is 47.9 Å². The van der Waals surface area contributed by atoms with Gasteiger partial charge in [-0.15, -0.1) is 0 Å². The predicted molar refractivity (Wildman–Crippen MR) is 108 cm³/mol. The third-order valence-corrected chi connectivity index (χ3v) is 6.53. The summed E-state index contributed by atoms with van der Waals surface area (Å²) in [5.74, 6) is 2.99. The number of carbonyl (C=O) groups excluding carboxylic acids is 1. The maximum absolute atomic E-state index is 12.5. The third-order valence-electron chi connectivity index (χ3n) is 6.53. The fourth-order valence-corrected chi connectivity index (χ4v) is 5.02. The average molecular weight is 369 g/mol. The number of hydrogen-bond donors (Lipinski definition) is 1. The van der Waals surface area contributed by atoms with Crippen LogP contribution in [0.5, 0.6) is 0 Å². The largest absolute Gasteiger partial charge is 0.356 e. The van der Waals surface area contributed by atoms with Crippen LogP contribution in [-0.2, 0) is 17.9 Å². The zero-order chi connectivity index (χ0) is 18.6. The van der Waals surface area contributed by atoms with Gasteiger partial charge in [0.2, 0.25) is 5.91 Å². The molecule has 3 aliphatic rings. The Labute approximate surface area is 162 Å². The molecular formula is C22H32N4O. The molecule has 5 heteroatoms. The van der Waals surface area contributed by atoms with E-state index in [2.05, 4.69) is 39.5 Å². The van der Waals surface area contributed by atoms with Gasteiger partial charge in [-0.25, -0.2) is 0 Å². The molecule has 27 heavy (non-hydrogen) atoms. The molecule has 2 heterocycles. The van der Waals surface area contributed by atoms with Crippen molar-refractivity contribution in [2.24, 2.45) is 16.8 Å². The van der Waals surface area contributed by atoms with Gasteiger partial charge in [0, 0.05) is 46.2 Å². The Kier molecular flexibility index (Phi) is 5.65. The van der Waals surface area contributed by atoms with E-state index in [0.29, 0.717) is 6.42 Å². The minimum absolute atomic E-state index is 0.259. The molecule has 0 bridgehead atoms. The quantitative estimate of drug-likeness (QED) is 0.505. The summed E-state index contributed by atoms with van der Waals surface area (Å²) in [6, 6.07) is 8.36. The van der Waals surface area contributed by atoms with Crippen LogP contribution in [0.1, 0.15) is 49.7 Å². The molecule has 2 unspecified atom stereocenters. The highest BCUT2D eigenvalue weighted by Gasteiger charge is 2.35. The van der Waals surface area contributed by atoms with Crippen molar-refractivity contribution in [3.63, 3.8) is 0 Å². The number of nitrogens with one attached hydrogen (secondary N) is 1. The molecule has 1 aromatic carbocycles. The first-order valence-electron chi connectivity index (χ1n) is 10.5. The minimum Gasteiger partial charge on any atom is -0.356 e. The molecule has 1 aliphatic carbocycles. The monoisotopic (exact) mass is 368 g/mol. The molecule has 0 radical (unpaired) electrons.